The minimum Gasteiger partial charge on any atom is -0.480 e. The van der Waals surface area contributed by atoms with Crippen LogP contribution in [0.5, 0.6) is 5.75 Å². The third-order valence-corrected chi connectivity index (χ3v) is 11.9. The summed E-state index contributed by atoms with van der Waals surface area (Å²) in [5.41, 5.74) is 5.44. The lowest BCUT2D eigenvalue weighted by Crippen LogP contribution is -2.38. The van der Waals surface area contributed by atoms with E-state index in [1.165, 1.54) is 6.07 Å². The Labute approximate surface area is 400 Å². The molecule has 8 rings (SSSR count). The van der Waals surface area contributed by atoms with Crippen LogP contribution in [-0.4, -0.2) is 82.1 Å². The second-order valence-electron chi connectivity index (χ2n) is 16.8. The fourth-order valence-electron chi connectivity index (χ4n) is 8.30. The fourth-order valence-corrected chi connectivity index (χ4v) is 8.57. The van der Waals surface area contributed by atoms with Crippen LogP contribution >= 0.6 is 11.6 Å². The molecule has 1 atom stereocenters. The summed E-state index contributed by atoms with van der Waals surface area (Å²) < 4.78 is 70.9. The van der Waals surface area contributed by atoms with Crippen molar-refractivity contribution in [2.24, 2.45) is 0 Å². The number of alkyl halides is 3. The first-order valence-corrected chi connectivity index (χ1v) is 22.6. The van der Waals surface area contributed by atoms with Crippen molar-refractivity contribution in [3.8, 4) is 62.6 Å². The van der Waals surface area contributed by atoms with Crippen molar-refractivity contribution in [3.63, 3.8) is 0 Å². The second kappa shape index (κ2) is 21.6. The number of rotatable bonds is 18. The number of benzene rings is 5. The minimum absolute atomic E-state index is 0.00148. The SMILES string of the molecule is COCc1cc(-c2nc(-c3cccc(CN(C)CC(=O)O)c3)no2)ccc1-c1ccc(OC(=O)CCOCc2cccc(-c3noc(-c4ccc(N5CCCCC5C)c(C(F)(F)F)c4)n3)c2)cc1Cl. The molecular weight excluding hydrogens is 917 g/mol. The number of methoxy groups -OCH3 is 1. The maximum Gasteiger partial charge on any atom is 0.418 e. The average molecular weight is 965 g/mol. The maximum atomic E-state index is 14.3. The lowest BCUT2D eigenvalue weighted by molar-refractivity contribution is -0.138. The van der Waals surface area contributed by atoms with E-state index in [9.17, 15) is 22.8 Å². The Morgan fingerprint density at radius 2 is 1.49 bits per heavy atom. The van der Waals surface area contributed by atoms with E-state index in [1.807, 2.05) is 60.4 Å². The summed E-state index contributed by atoms with van der Waals surface area (Å²) >= 11 is 6.77. The van der Waals surface area contributed by atoms with Crippen molar-refractivity contribution >= 4 is 29.2 Å². The van der Waals surface area contributed by atoms with E-state index in [4.69, 9.17) is 40.0 Å². The van der Waals surface area contributed by atoms with Gasteiger partial charge in [-0.25, -0.2) is 0 Å². The van der Waals surface area contributed by atoms with Crippen molar-refractivity contribution in [1.29, 1.82) is 0 Å². The van der Waals surface area contributed by atoms with Gasteiger partial charge in [-0.2, -0.15) is 23.1 Å². The van der Waals surface area contributed by atoms with Crippen LogP contribution in [0.2, 0.25) is 5.02 Å². The number of carboxylic acid groups (broad SMARTS) is 1. The molecular formula is C51H48ClF3N6O8. The molecule has 18 heteroatoms. The van der Waals surface area contributed by atoms with Crippen LogP contribution in [0, 0.1) is 0 Å². The van der Waals surface area contributed by atoms with E-state index in [1.54, 1.807) is 61.5 Å². The number of ether oxygens (including phenoxy) is 3. The van der Waals surface area contributed by atoms with Crippen LogP contribution in [-0.2, 0) is 45.0 Å². The minimum atomic E-state index is -4.57. The van der Waals surface area contributed by atoms with Crippen LogP contribution in [0.25, 0.3) is 56.8 Å². The van der Waals surface area contributed by atoms with Gasteiger partial charge in [0, 0.05) is 65.8 Å². The Balaban J connectivity index is 0.852. The van der Waals surface area contributed by atoms with Gasteiger partial charge in [-0.1, -0.05) is 64.4 Å². The smallest absolute Gasteiger partial charge is 0.418 e. The summed E-state index contributed by atoms with van der Waals surface area (Å²) in [7, 11) is 3.31. The van der Waals surface area contributed by atoms with Gasteiger partial charge in [0.15, 0.2) is 0 Å². The standard InChI is InChI=1S/C51H48ClF3N6O8/c1-31-8-4-5-20-61(31)44-18-14-37(25-42(44)51(53,54)55)50-57-48(59-69-50)35-12-7-10-33(23-35)29-66-21-19-46(64)67-39-15-17-41(43(52)26-39)40-16-13-36(24-38(40)30-65-3)49-56-47(58-68-49)34-11-6-9-32(22-34)27-60(2)28-45(62)63/h6-7,9-18,22-26,31H,4-5,8,19-21,27-30H2,1-3H3,(H,62,63). The number of carboxylic acids is 1. The summed E-state index contributed by atoms with van der Waals surface area (Å²) in [6.45, 7) is 3.30. The third-order valence-electron chi connectivity index (χ3n) is 11.6. The van der Waals surface area contributed by atoms with E-state index in [0.717, 1.165) is 53.1 Å². The van der Waals surface area contributed by atoms with Gasteiger partial charge >= 0.3 is 18.1 Å². The molecule has 1 fully saturated rings. The molecule has 1 saturated heterocycles. The van der Waals surface area contributed by atoms with E-state index in [-0.39, 0.29) is 67.5 Å². The first-order valence-electron chi connectivity index (χ1n) is 22.2. The van der Waals surface area contributed by atoms with Gasteiger partial charge in [0.25, 0.3) is 11.8 Å². The molecule has 0 bridgehead atoms. The Morgan fingerprint density at radius 3 is 2.16 bits per heavy atom. The average Bonchev–Trinajstić information content (AvgIpc) is 4.03. The van der Waals surface area contributed by atoms with E-state index in [2.05, 4.69) is 20.3 Å². The molecule has 0 aliphatic carbocycles. The molecule has 0 radical (unpaired) electrons. The van der Waals surface area contributed by atoms with Crippen molar-refractivity contribution in [1.82, 2.24) is 25.2 Å². The molecule has 1 N–H and O–H groups in total. The molecule has 1 unspecified atom stereocenters. The number of aromatic nitrogens is 4. The Kier molecular flexibility index (Phi) is 15.2. The molecule has 1 aliphatic heterocycles. The van der Waals surface area contributed by atoms with Crippen LogP contribution in [0.1, 0.15) is 54.9 Å². The van der Waals surface area contributed by atoms with Gasteiger partial charge in [0.2, 0.25) is 11.6 Å². The highest BCUT2D eigenvalue weighted by atomic mass is 35.5. The van der Waals surface area contributed by atoms with Gasteiger partial charge in [0.05, 0.1) is 43.4 Å². The predicted molar refractivity (Wildman–Crippen MR) is 251 cm³/mol. The number of esters is 1. The lowest BCUT2D eigenvalue weighted by atomic mass is 9.97. The van der Waals surface area contributed by atoms with Crippen LogP contribution < -0.4 is 9.64 Å². The fraction of sp³-hybridized carbons (Fsp3) is 0.294. The van der Waals surface area contributed by atoms with Crippen LogP contribution in [0.15, 0.2) is 112 Å². The third kappa shape index (κ3) is 12.0. The lowest BCUT2D eigenvalue weighted by Gasteiger charge is -2.37. The van der Waals surface area contributed by atoms with Gasteiger partial charge in [-0.15, -0.1) is 0 Å². The van der Waals surface area contributed by atoms with Gasteiger partial charge in [-0.3, -0.25) is 14.5 Å². The molecule has 358 valence electrons. The Morgan fingerprint density at radius 1 is 0.826 bits per heavy atom. The highest BCUT2D eigenvalue weighted by Crippen LogP contribution is 2.41. The van der Waals surface area contributed by atoms with Crippen molar-refractivity contribution in [2.75, 3.05) is 38.8 Å². The van der Waals surface area contributed by atoms with Crippen LogP contribution in [0.4, 0.5) is 18.9 Å². The number of carbonyl (C=O) groups excluding carboxylic acids is 1. The number of hydrogen-bond acceptors (Lipinski definition) is 13. The molecule has 14 nitrogen and oxygen atoms in total. The zero-order chi connectivity index (χ0) is 48.7. The quantitative estimate of drug-likeness (QED) is 0.0490. The number of nitrogens with zero attached hydrogens (tertiary/aromatic N) is 6. The molecule has 0 saturated carbocycles. The molecule has 1 aliphatic rings. The number of anilines is 1. The normalized spacial score (nSPS) is 14.1. The molecule has 0 amide bonds. The number of hydrogen-bond donors (Lipinski definition) is 1. The Bertz CT molecular complexity index is 2940. The molecule has 69 heavy (non-hydrogen) atoms. The first-order chi connectivity index (χ1) is 33.2. The molecule has 3 heterocycles. The van der Waals surface area contributed by atoms with Crippen LogP contribution in [0.3, 0.4) is 0 Å². The number of piperidine rings is 1. The number of carbonyl (C=O) groups is 2. The number of likely N-dealkylation sites (N-methyl/N-ethyl adjacent to an activating group) is 1. The maximum absolute atomic E-state index is 14.3. The Hall–Kier alpha value is -6.92. The van der Waals surface area contributed by atoms with Gasteiger partial charge < -0.3 is 33.3 Å². The second-order valence-corrected chi connectivity index (χ2v) is 17.2. The number of aliphatic carboxylic acids is 1. The monoisotopic (exact) mass is 964 g/mol. The molecule has 7 aromatic rings. The van der Waals surface area contributed by atoms with E-state index in [0.29, 0.717) is 46.5 Å². The highest BCUT2D eigenvalue weighted by molar-refractivity contribution is 6.33. The molecule has 2 aromatic heterocycles. The highest BCUT2D eigenvalue weighted by Gasteiger charge is 2.37. The summed E-state index contributed by atoms with van der Waals surface area (Å²) in [5.74, 6) is -0.340. The zero-order valence-electron chi connectivity index (χ0n) is 38.0. The van der Waals surface area contributed by atoms with E-state index >= 15 is 0 Å². The van der Waals surface area contributed by atoms with Crippen molar-refractivity contribution < 1.29 is 51.1 Å². The number of halogens is 4. The molecule has 0 spiro atoms. The largest absolute Gasteiger partial charge is 0.480 e. The summed E-state index contributed by atoms with van der Waals surface area (Å²) in [4.78, 5) is 36.5. The van der Waals surface area contributed by atoms with Crippen molar-refractivity contribution in [3.05, 3.63) is 130 Å². The predicted octanol–water partition coefficient (Wildman–Crippen LogP) is 11.0. The van der Waals surface area contributed by atoms with Gasteiger partial charge in [0.1, 0.15) is 5.75 Å². The molecule has 5 aromatic carbocycles. The topological polar surface area (TPSA) is 166 Å². The summed E-state index contributed by atoms with van der Waals surface area (Å²) in [6, 6.07) is 29.3. The summed E-state index contributed by atoms with van der Waals surface area (Å²) in [5, 5.41) is 17.7. The van der Waals surface area contributed by atoms with E-state index < -0.39 is 23.7 Å². The zero-order valence-corrected chi connectivity index (χ0v) is 38.7. The first kappa shape index (κ1) is 48.5. The summed E-state index contributed by atoms with van der Waals surface area (Å²) in [6.07, 6.45) is -1.96. The van der Waals surface area contributed by atoms with Crippen molar-refractivity contribution in [2.45, 2.75) is 64.6 Å². The van der Waals surface area contributed by atoms with Gasteiger partial charge in [-0.05, 0) is 110 Å².